The van der Waals surface area contributed by atoms with Gasteiger partial charge in [-0.05, 0) is 25.1 Å². The summed E-state index contributed by atoms with van der Waals surface area (Å²) in [5.74, 6) is -1.12. The summed E-state index contributed by atoms with van der Waals surface area (Å²) < 4.78 is 0.615. The Morgan fingerprint density at radius 1 is 1.50 bits per heavy atom. The van der Waals surface area contributed by atoms with E-state index in [0.717, 1.165) is 0 Å². The van der Waals surface area contributed by atoms with Gasteiger partial charge in [-0.1, -0.05) is 15.9 Å². The molecular weight excluding hydrogens is 326 g/mol. The smallest absolute Gasteiger partial charge is 0.337 e. The Labute approximate surface area is 125 Å². The molecule has 0 unspecified atom stereocenters. The quantitative estimate of drug-likeness (QED) is 0.862. The number of nitrogens with one attached hydrogen (secondary N) is 1. The number of anilines is 1. The molecule has 1 aromatic carbocycles. The van der Waals surface area contributed by atoms with Gasteiger partial charge in [0.05, 0.1) is 23.7 Å². The highest BCUT2D eigenvalue weighted by molar-refractivity contribution is 9.10. The molecule has 6 nitrogen and oxygen atoms in total. The van der Waals surface area contributed by atoms with Gasteiger partial charge in [-0.2, -0.15) is 5.26 Å². The molecular formula is C13H14BrN3O3. The number of benzene rings is 1. The summed E-state index contributed by atoms with van der Waals surface area (Å²) in [5, 5.41) is 20.2. The number of amides is 2. The lowest BCUT2D eigenvalue weighted by Crippen LogP contribution is -2.35. The number of nitrogens with zero attached hydrogens (tertiary/aromatic N) is 2. The maximum absolute atomic E-state index is 12.0. The minimum atomic E-state index is -1.12. The van der Waals surface area contributed by atoms with Crippen molar-refractivity contribution >= 4 is 33.6 Å². The molecule has 0 atom stereocenters. The number of aromatic carboxylic acids is 1. The first kappa shape index (κ1) is 16.0. The third-order valence-corrected chi connectivity index (χ3v) is 3.11. The van der Waals surface area contributed by atoms with Crippen molar-refractivity contribution in [2.45, 2.75) is 13.3 Å². The van der Waals surface area contributed by atoms with Gasteiger partial charge in [0.15, 0.2) is 0 Å². The SMILES string of the molecule is CCN(CCC#N)C(=O)Nc1ccc(Br)cc1C(=O)O. The molecule has 0 aliphatic rings. The van der Waals surface area contributed by atoms with Gasteiger partial charge >= 0.3 is 12.0 Å². The summed E-state index contributed by atoms with van der Waals surface area (Å²) >= 11 is 3.19. The number of hydrogen-bond donors (Lipinski definition) is 2. The molecule has 0 radical (unpaired) electrons. The number of carboxylic acid groups (broad SMARTS) is 1. The molecule has 0 fully saturated rings. The number of rotatable bonds is 5. The number of urea groups is 1. The van der Waals surface area contributed by atoms with Crippen molar-refractivity contribution in [3.05, 3.63) is 28.2 Å². The number of carbonyl (C=O) groups is 2. The second-order valence-corrected chi connectivity index (χ2v) is 4.83. The Hall–Kier alpha value is -2.07. The molecule has 2 amide bonds. The van der Waals surface area contributed by atoms with E-state index in [4.69, 9.17) is 10.4 Å². The summed E-state index contributed by atoms with van der Waals surface area (Å²) in [4.78, 5) is 24.6. The monoisotopic (exact) mass is 339 g/mol. The second-order valence-electron chi connectivity index (χ2n) is 3.91. The average molecular weight is 340 g/mol. The van der Waals surface area contributed by atoms with E-state index >= 15 is 0 Å². The summed E-state index contributed by atoms with van der Waals surface area (Å²) in [6.07, 6.45) is 0.230. The van der Waals surface area contributed by atoms with Crippen LogP contribution in [0.25, 0.3) is 0 Å². The molecule has 0 heterocycles. The van der Waals surface area contributed by atoms with Gasteiger partial charge in [-0.15, -0.1) is 0 Å². The van der Waals surface area contributed by atoms with Gasteiger partial charge in [0.2, 0.25) is 0 Å². The summed E-state index contributed by atoms with van der Waals surface area (Å²) in [7, 11) is 0. The summed E-state index contributed by atoms with van der Waals surface area (Å²) in [6, 6.07) is 6.13. The molecule has 0 bridgehead atoms. The topological polar surface area (TPSA) is 93.4 Å². The van der Waals surface area contributed by atoms with Crippen molar-refractivity contribution in [2.24, 2.45) is 0 Å². The first-order chi connectivity index (χ1) is 9.49. The molecule has 0 saturated carbocycles. The van der Waals surface area contributed by atoms with E-state index in [1.165, 1.54) is 17.0 Å². The van der Waals surface area contributed by atoms with E-state index in [1.54, 1.807) is 13.0 Å². The van der Waals surface area contributed by atoms with Crippen LogP contribution in [-0.2, 0) is 0 Å². The van der Waals surface area contributed by atoms with Crippen LogP contribution in [0.15, 0.2) is 22.7 Å². The molecule has 1 aromatic rings. The van der Waals surface area contributed by atoms with Gasteiger partial charge in [0.25, 0.3) is 0 Å². The first-order valence-corrected chi connectivity index (χ1v) is 6.74. The third-order valence-electron chi connectivity index (χ3n) is 2.62. The van der Waals surface area contributed by atoms with E-state index in [1.807, 2.05) is 6.07 Å². The molecule has 20 heavy (non-hydrogen) atoms. The van der Waals surface area contributed by atoms with Gasteiger partial charge in [0.1, 0.15) is 0 Å². The van der Waals surface area contributed by atoms with E-state index in [9.17, 15) is 9.59 Å². The van der Waals surface area contributed by atoms with Crippen molar-refractivity contribution in [3.8, 4) is 6.07 Å². The largest absolute Gasteiger partial charge is 0.478 e. The van der Waals surface area contributed by atoms with Crippen molar-refractivity contribution in [2.75, 3.05) is 18.4 Å². The minimum Gasteiger partial charge on any atom is -0.478 e. The highest BCUT2D eigenvalue weighted by atomic mass is 79.9. The van der Waals surface area contributed by atoms with E-state index in [0.29, 0.717) is 17.6 Å². The van der Waals surface area contributed by atoms with Crippen LogP contribution >= 0.6 is 15.9 Å². The Morgan fingerprint density at radius 3 is 2.75 bits per heavy atom. The lowest BCUT2D eigenvalue weighted by Gasteiger charge is -2.20. The van der Waals surface area contributed by atoms with Crippen LogP contribution in [0.2, 0.25) is 0 Å². The zero-order valence-electron chi connectivity index (χ0n) is 10.9. The highest BCUT2D eigenvalue weighted by Crippen LogP contribution is 2.21. The predicted molar refractivity (Wildman–Crippen MR) is 77.6 cm³/mol. The van der Waals surface area contributed by atoms with Crippen molar-refractivity contribution in [1.29, 1.82) is 5.26 Å². The molecule has 106 valence electrons. The van der Waals surface area contributed by atoms with Crippen LogP contribution < -0.4 is 5.32 Å². The first-order valence-electron chi connectivity index (χ1n) is 5.95. The van der Waals surface area contributed by atoms with Gasteiger partial charge in [-0.3, -0.25) is 0 Å². The fourth-order valence-electron chi connectivity index (χ4n) is 1.58. The van der Waals surface area contributed by atoms with Crippen LogP contribution in [0, 0.1) is 11.3 Å². The Kier molecular flexibility index (Phi) is 6.00. The predicted octanol–water partition coefficient (Wildman–Crippen LogP) is 2.91. The minimum absolute atomic E-state index is 0.00376. The molecule has 0 spiro atoms. The summed E-state index contributed by atoms with van der Waals surface area (Å²) in [5.41, 5.74) is 0.227. The summed E-state index contributed by atoms with van der Waals surface area (Å²) in [6.45, 7) is 2.53. The Morgan fingerprint density at radius 2 is 2.20 bits per heavy atom. The average Bonchev–Trinajstić information content (AvgIpc) is 2.41. The molecule has 0 aliphatic heterocycles. The van der Waals surface area contributed by atoms with E-state index in [2.05, 4.69) is 21.2 Å². The molecule has 0 saturated heterocycles. The molecule has 7 heteroatoms. The van der Waals surface area contributed by atoms with Gasteiger partial charge in [-0.25, -0.2) is 9.59 Å². The fraction of sp³-hybridized carbons (Fsp3) is 0.308. The van der Waals surface area contributed by atoms with Crippen LogP contribution in [-0.4, -0.2) is 35.1 Å². The zero-order chi connectivity index (χ0) is 15.1. The van der Waals surface area contributed by atoms with Crippen molar-refractivity contribution < 1.29 is 14.7 Å². The Balaban J connectivity index is 2.90. The molecule has 1 rings (SSSR count). The molecule has 0 aliphatic carbocycles. The number of hydrogen-bond acceptors (Lipinski definition) is 3. The van der Waals surface area contributed by atoms with Gasteiger partial charge in [0, 0.05) is 17.6 Å². The van der Waals surface area contributed by atoms with Crippen LogP contribution in [0.4, 0.5) is 10.5 Å². The lowest BCUT2D eigenvalue weighted by molar-refractivity contribution is 0.0698. The maximum atomic E-state index is 12.0. The molecule has 2 N–H and O–H groups in total. The zero-order valence-corrected chi connectivity index (χ0v) is 12.5. The third kappa shape index (κ3) is 4.24. The normalized spacial score (nSPS) is 9.65. The maximum Gasteiger partial charge on any atom is 0.337 e. The van der Waals surface area contributed by atoms with Crippen LogP contribution in [0.5, 0.6) is 0 Å². The van der Waals surface area contributed by atoms with E-state index < -0.39 is 12.0 Å². The highest BCUT2D eigenvalue weighted by Gasteiger charge is 2.16. The Bertz CT molecular complexity index is 554. The molecule has 0 aromatic heterocycles. The van der Waals surface area contributed by atoms with Crippen LogP contribution in [0.1, 0.15) is 23.7 Å². The standard InChI is InChI=1S/C13H14BrN3O3/c1-2-17(7-3-6-15)13(20)16-11-5-4-9(14)8-10(11)12(18)19/h4-5,8H,2-3,7H2,1H3,(H,16,20)(H,18,19). The number of carbonyl (C=O) groups excluding carboxylic acids is 1. The van der Waals surface area contributed by atoms with Gasteiger partial charge < -0.3 is 15.3 Å². The second kappa shape index (κ2) is 7.50. The van der Waals surface area contributed by atoms with E-state index in [-0.39, 0.29) is 17.7 Å². The van der Waals surface area contributed by atoms with Crippen molar-refractivity contribution in [3.63, 3.8) is 0 Å². The van der Waals surface area contributed by atoms with Crippen molar-refractivity contribution in [1.82, 2.24) is 4.90 Å². The van der Waals surface area contributed by atoms with Crippen LogP contribution in [0.3, 0.4) is 0 Å². The fourth-order valence-corrected chi connectivity index (χ4v) is 1.95. The number of nitriles is 1. The lowest BCUT2D eigenvalue weighted by atomic mass is 10.2. The number of halogens is 1. The number of carboxylic acids is 1.